The normalized spacial score (nSPS) is 17.3. The fourth-order valence-corrected chi connectivity index (χ4v) is 6.37. The van der Waals surface area contributed by atoms with Crippen LogP contribution in [0.1, 0.15) is 124 Å². The summed E-state index contributed by atoms with van der Waals surface area (Å²) in [6.45, 7) is 10.2. The van der Waals surface area contributed by atoms with Gasteiger partial charge >= 0.3 is 5.97 Å². The van der Waals surface area contributed by atoms with E-state index < -0.39 is 16.5 Å². The Bertz CT molecular complexity index is 818. The zero-order chi connectivity index (χ0) is 25.2. The molecular weight excluding hydrogens is 443 g/mol. The van der Waals surface area contributed by atoms with Crippen molar-refractivity contribution in [3.05, 3.63) is 34.4 Å². The molecule has 0 heterocycles. The van der Waals surface area contributed by atoms with Gasteiger partial charge in [-0.1, -0.05) is 88.8 Å². The average Bonchev–Trinajstić information content (AvgIpc) is 2.81. The van der Waals surface area contributed by atoms with Gasteiger partial charge in [0.2, 0.25) is 0 Å². The van der Waals surface area contributed by atoms with Crippen LogP contribution in [0.4, 0.5) is 0 Å². The number of hydrogen-bond acceptors (Lipinski definition) is 4. The quantitative estimate of drug-likeness (QED) is 0.114. The highest BCUT2D eigenvalue weighted by molar-refractivity contribution is 7.28. The molecule has 190 valence electrons. The maximum atomic E-state index is 14.2. The fraction of sp³-hybridized carbons (Fsp3) is 0.724. The molecule has 1 aliphatic carbocycles. The summed E-state index contributed by atoms with van der Waals surface area (Å²) in [4.78, 5) is 27.5. The molecule has 2 rings (SSSR count). The van der Waals surface area contributed by atoms with Crippen molar-refractivity contribution in [3.8, 4) is 0 Å². The molecular formula is C29H45O4P. The van der Waals surface area contributed by atoms with Crippen LogP contribution in [-0.4, -0.2) is 23.5 Å². The minimum absolute atomic E-state index is 0.0444. The highest BCUT2D eigenvalue weighted by Crippen LogP contribution is 2.54. The molecule has 1 atom stereocenters. The van der Waals surface area contributed by atoms with E-state index in [0.717, 1.165) is 55.2 Å². The Labute approximate surface area is 208 Å². The Kier molecular flexibility index (Phi) is 11.4. The van der Waals surface area contributed by atoms with Crippen molar-refractivity contribution >= 4 is 20.2 Å². The number of carbonyl (C=O) groups excluding carboxylic acids is 2. The lowest BCUT2D eigenvalue weighted by atomic mass is 9.61. The van der Waals surface area contributed by atoms with Crippen LogP contribution < -0.4 is 0 Å². The average molecular weight is 489 g/mol. The van der Waals surface area contributed by atoms with Crippen LogP contribution in [0, 0.1) is 26.2 Å². The summed E-state index contributed by atoms with van der Waals surface area (Å²) in [5, 5.41) is -1.38. The van der Waals surface area contributed by atoms with Crippen molar-refractivity contribution in [2.75, 3.05) is 6.61 Å². The van der Waals surface area contributed by atoms with Gasteiger partial charge in [0.1, 0.15) is 0 Å². The molecule has 1 aromatic carbocycles. The Balaban J connectivity index is 2.14. The van der Waals surface area contributed by atoms with Crippen molar-refractivity contribution in [2.24, 2.45) is 5.41 Å². The van der Waals surface area contributed by atoms with Crippen LogP contribution in [0.5, 0.6) is 0 Å². The van der Waals surface area contributed by atoms with Gasteiger partial charge in [0.15, 0.2) is 19.4 Å². The smallest absolute Gasteiger partial charge is 0.324 e. The van der Waals surface area contributed by atoms with Crippen molar-refractivity contribution in [1.29, 1.82) is 0 Å². The molecule has 0 radical (unpaired) electrons. The molecule has 1 unspecified atom stereocenters. The van der Waals surface area contributed by atoms with Crippen LogP contribution in [-0.2, 0) is 14.1 Å². The van der Waals surface area contributed by atoms with E-state index in [2.05, 4.69) is 6.92 Å². The molecule has 0 spiro atoms. The molecule has 0 aliphatic heterocycles. The lowest BCUT2D eigenvalue weighted by Crippen LogP contribution is -2.54. The number of esters is 1. The number of ether oxygens (including phenoxy) is 1. The highest BCUT2D eigenvalue weighted by atomic mass is 31.1. The summed E-state index contributed by atoms with van der Waals surface area (Å²) in [5.74, 6) is -0.540. The maximum absolute atomic E-state index is 14.2. The largest absolute Gasteiger partial charge is 0.465 e. The molecule has 5 heteroatoms. The Morgan fingerprint density at radius 2 is 1.44 bits per heavy atom. The second-order valence-corrected chi connectivity index (χ2v) is 11.6. The molecule has 1 fully saturated rings. The van der Waals surface area contributed by atoms with Crippen LogP contribution in [0.2, 0.25) is 0 Å². The number of benzene rings is 1. The van der Waals surface area contributed by atoms with E-state index in [1.807, 2.05) is 32.9 Å². The molecule has 4 nitrogen and oxygen atoms in total. The van der Waals surface area contributed by atoms with E-state index in [0.29, 0.717) is 25.0 Å². The molecule has 0 N–H and O–H groups in total. The molecule has 0 amide bonds. The SMILES string of the molecule is CCCCCCCCCCOC(=O)C(C)(P=O)C1(C(=O)c2c(C)cc(C)cc2C)CCCCC1. The number of aryl methyl sites for hydroxylation is 3. The van der Waals surface area contributed by atoms with Gasteiger partial charge in [0.25, 0.3) is 0 Å². The molecule has 0 saturated heterocycles. The second-order valence-electron chi connectivity index (χ2n) is 10.5. The second kappa shape index (κ2) is 13.5. The molecule has 34 heavy (non-hydrogen) atoms. The Morgan fingerprint density at radius 3 is 1.97 bits per heavy atom. The zero-order valence-corrected chi connectivity index (χ0v) is 23.0. The third-order valence-electron chi connectivity index (χ3n) is 7.79. The topological polar surface area (TPSA) is 60.4 Å². The molecule has 1 aliphatic rings. The van der Waals surface area contributed by atoms with E-state index in [9.17, 15) is 14.2 Å². The third-order valence-corrected chi connectivity index (χ3v) is 8.76. The standard InChI is InChI=1S/C29H45O4P/c1-6-7-8-9-10-11-12-16-19-33-27(31)28(5,34-32)29(17-14-13-15-18-29)26(30)25-23(3)20-22(2)21-24(25)4/h20-21H,6-19H2,1-5H3. The molecule has 1 aromatic rings. The summed E-state index contributed by atoms with van der Waals surface area (Å²) in [6.07, 6.45) is 13.2. The molecule has 0 bridgehead atoms. The lowest BCUT2D eigenvalue weighted by Gasteiger charge is -2.44. The number of rotatable bonds is 14. The van der Waals surface area contributed by atoms with Gasteiger partial charge in [-0.15, -0.1) is 0 Å². The number of carbonyl (C=O) groups is 2. The summed E-state index contributed by atoms with van der Waals surface area (Å²) >= 11 is 0. The van der Waals surface area contributed by atoms with Crippen molar-refractivity contribution < 1.29 is 18.9 Å². The Morgan fingerprint density at radius 1 is 0.912 bits per heavy atom. The number of hydrogen-bond donors (Lipinski definition) is 0. The maximum Gasteiger partial charge on any atom is 0.324 e. The van der Waals surface area contributed by atoms with E-state index >= 15 is 0 Å². The summed E-state index contributed by atoms with van der Waals surface area (Å²) in [6, 6.07) is 4.03. The first kappa shape index (κ1) is 28.7. The van der Waals surface area contributed by atoms with Gasteiger partial charge < -0.3 is 4.74 Å². The Hall–Kier alpha value is -1.54. The van der Waals surface area contributed by atoms with Crippen molar-refractivity contribution in [2.45, 2.75) is 123 Å². The number of Topliss-reactive ketones (excluding diaryl/α,β-unsaturated/α-hetero) is 1. The molecule has 0 aromatic heterocycles. The van der Waals surface area contributed by atoms with Crippen LogP contribution in [0.15, 0.2) is 12.1 Å². The minimum Gasteiger partial charge on any atom is -0.465 e. The predicted octanol–water partition coefficient (Wildman–Crippen LogP) is 8.48. The van der Waals surface area contributed by atoms with Crippen molar-refractivity contribution in [3.63, 3.8) is 0 Å². The third kappa shape index (κ3) is 6.56. The van der Waals surface area contributed by atoms with Gasteiger partial charge in [-0.05, 0) is 58.1 Å². The lowest BCUT2D eigenvalue weighted by molar-refractivity contribution is -0.150. The number of ketones is 1. The first-order valence-corrected chi connectivity index (χ1v) is 14.2. The van der Waals surface area contributed by atoms with Gasteiger partial charge in [-0.25, -0.2) is 0 Å². The summed E-state index contributed by atoms with van der Waals surface area (Å²) in [7, 11) is -0.331. The van der Waals surface area contributed by atoms with E-state index in [1.54, 1.807) is 6.92 Å². The minimum atomic E-state index is -1.38. The fourth-order valence-electron chi connectivity index (χ4n) is 5.73. The highest BCUT2D eigenvalue weighted by Gasteiger charge is 2.60. The van der Waals surface area contributed by atoms with E-state index in [-0.39, 0.29) is 14.2 Å². The van der Waals surface area contributed by atoms with Crippen LogP contribution in [0.3, 0.4) is 0 Å². The van der Waals surface area contributed by atoms with Gasteiger partial charge in [0, 0.05) is 5.56 Å². The van der Waals surface area contributed by atoms with Gasteiger partial charge in [-0.2, -0.15) is 0 Å². The van der Waals surface area contributed by atoms with Crippen LogP contribution >= 0.6 is 8.46 Å². The van der Waals surface area contributed by atoms with E-state index in [4.69, 9.17) is 4.74 Å². The van der Waals surface area contributed by atoms with Crippen LogP contribution in [0.25, 0.3) is 0 Å². The van der Waals surface area contributed by atoms with Crippen molar-refractivity contribution in [1.82, 2.24) is 0 Å². The van der Waals surface area contributed by atoms with Gasteiger partial charge in [0.05, 0.1) is 12.0 Å². The summed E-state index contributed by atoms with van der Waals surface area (Å²) < 4.78 is 18.3. The zero-order valence-electron chi connectivity index (χ0n) is 22.1. The first-order valence-electron chi connectivity index (χ1n) is 13.4. The number of unbranched alkanes of at least 4 members (excludes halogenated alkanes) is 7. The molecule has 1 saturated carbocycles. The monoisotopic (exact) mass is 488 g/mol. The van der Waals surface area contributed by atoms with E-state index in [1.165, 1.54) is 32.1 Å². The first-order chi connectivity index (χ1) is 16.2. The summed E-state index contributed by atoms with van der Waals surface area (Å²) in [5.41, 5.74) is 2.63. The van der Waals surface area contributed by atoms with Gasteiger partial charge in [-0.3, -0.25) is 14.2 Å². The predicted molar refractivity (Wildman–Crippen MR) is 140 cm³/mol.